The Hall–Kier alpha value is -1.13. The zero-order valence-electron chi connectivity index (χ0n) is 11.2. The van der Waals surface area contributed by atoms with E-state index < -0.39 is 0 Å². The van der Waals surface area contributed by atoms with Crippen molar-refractivity contribution in [1.29, 1.82) is 0 Å². The first-order chi connectivity index (χ1) is 8.58. The molecule has 0 aromatic rings. The summed E-state index contributed by atoms with van der Waals surface area (Å²) in [5.74, 6) is 0.331. The van der Waals surface area contributed by atoms with Crippen LogP contribution in [-0.4, -0.2) is 59.6 Å². The predicted molar refractivity (Wildman–Crippen MR) is 73.2 cm³/mol. The smallest absolute Gasteiger partial charge is 0.237 e. The first-order valence-corrected chi connectivity index (χ1v) is 6.48. The lowest BCUT2D eigenvalue weighted by Gasteiger charge is -2.34. The summed E-state index contributed by atoms with van der Waals surface area (Å²) in [5, 5.41) is 9.66. The van der Waals surface area contributed by atoms with Crippen molar-refractivity contribution < 1.29 is 9.90 Å². The van der Waals surface area contributed by atoms with Crippen LogP contribution in [-0.2, 0) is 4.79 Å². The van der Waals surface area contributed by atoms with Gasteiger partial charge >= 0.3 is 0 Å². The number of nitrogens with zero attached hydrogens (tertiary/aromatic N) is 2. The highest BCUT2D eigenvalue weighted by atomic mass is 16.3. The zero-order chi connectivity index (χ0) is 13.5. The van der Waals surface area contributed by atoms with Gasteiger partial charge < -0.3 is 10.0 Å². The zero-order valence-corrected chi connectivity index (χ0v) is 11.2. The van der Waals surface area contributed by atoms with Gasteiger partial charge in [0.15, 0.2) is 0 Å². The highest BCUT2D eigenvalue weighted by Gasteiger charge is 2.26. The van der Waals surface area contributed by atoms with E-state index in [1.807, 2.05) is 6.92 Å². The van der Waals surface area contributed by atoms with Gasteiger partial charge in [-0.3, -0.25) is 9.69 Å². The van der Waals surface area contributed by atoms with Gasteiger partial charge in [-0.25, -0.2) is 0 Å². The molecule has 0 spiro atoms. The van der Waals surface area contributed by atoms with Crippen LogP contribution in [0.5, 0.6) is 0 Å². The molecule has 102 valence electrons. The number of aliphatic hydroxyl groups excluding tert-OH is 1. The Morgan fingerprint density at radius 1 is 1.44 bits per heavy atom. The molecule has 1 heterocycles. The number of aliphatic hydroxyl groups is 1. The Kier molecular flexibility index (Phi) is 6.09. The average molecular weight is 252 g/mol. The van der Waals surface area contributed by atoms with Gasteiger partial charge in [-0.05, 0) is 12.3 Å². The lowest BCUT2D eigenvalue weighted by atomic mass is 9.97. The second-order valence-corrected chi connectivity index (χ2v) is 4.94. The highest BCUT2D eigenvalue weighted by molar-refractivity contribution is 5.78. The summed E-state index contributed by atoms with van der Waals surface area (Å²) in [7, 11) is 0. The molecule has 1 N–H and O–H groups in total. The SMILES string of the molecule is C=CCN(CC=C)C(=O)CN1CCC(O)C(C)C1. The molecule has 0 aromatic carbocycles. The summed E-state index contributed by atoms with van der Waals surface area (Å²) < 4.78 is 0. The van der Waals surface area contributed by atoms with Crippen LogP contribution in [0.4, 0.5) is 0 Å². The highest BCUT2D eigenvalue weighted by Crippen LogP contribution is 2.16. The third-order valence-electron chi connectivity index (χ3n) is 3.35. The van der Waals surface area contributed by atoms with Crippen molar-refractivity contribution in [3.05, 3.63) is 25.3 Å². The van der Waals surface area contributed by atoms with Gasteiger partial charge in [0.1, 0.15) is 0 Å². The van der Waals surface area contributed by atoms with Crippen molar-refractivity contribution in [2.24, 2.45) is 5.92 Å². The van der Waals surface area contributed by atoms with E-state index >= 15 is 0 Å². The Labute approximate surface area is 110 Å². The normalized spacial score (nSPS) is 24.6. The van der Waals surface area contributed by atoms with Crippen molar-refractivity contribution in [1.82, 2.24) is 9.80 Å². The second-order valence-electron chi connectivity index (χ2n) is 4.94. The molecule has 0 bridgehead atoms. The molecule has 4 nitrogen and oxygen atoms in total. The lowest BCUT2D eigenvalue weighted by molar-refractivity contribution is -0.132. The van der Waals surface area contributed by atoms with Crippen LogP contribution < -0.4 is 0 Å². The van der Waals surface area contributed by atoms with Gasteiger partial charge in [0.05, 0.1) is 12.6 Å². The topological polar surface area (TPSA) is 43.8 Å². The van der Waals surface area contributed by atoms with E-state index in [1.54, 1.807) is 17.1 Å². The minimum absolute atomic E-state index is 0.0957. The fraction of sp³-hybridized carbons (Fsp3) is 0.643. The molecule has 0 saturated carbocycles. The molecule has 0 aliphatic carbocycles. The first kappa shape index (κ1) is 14.9. The van der Waals surface area contributed by atoms with Gasteiger partial charge in [-0.15, -0.1) is 13.2 Å². The van der Waals surface area contributed by atoms with E-state index in [0.29, 0.717) is 19.6 Å². The molecule has 1 aliphatic heterocycles. The molecule has 1 rings (SSSR count). The van der Waals surface area contributed by atoms with Crippen molar-refractivity contribution >= 4 is 5.91 Å². The van der Waals surface area contributed by atoms with E-state index in [2.05, 4.69) is 18.1 Å². The molecule has 1 fully saturated rings. The molecule has 1 aliphatic rings. The van der Waals surface area contributed by atoms with Crippen LogP contribution in [0.2, 0.25) is 0 Å². The molecular formula is C14H24N2O2. The van der Waals surface area contributed by atoms with Crippen molar-refractivity contribution in [2.45, 2.75) is 19.4 Å². The van der Waals surface area contributed by atoms with Crippen LogP contribution in [0.15, 0.2) is 25.3 Å². The largest absolute Gasteiger partial charge is 0.393 e. The van der Waals surface area contributed by atoms with Gasteiger partial charge in [0.25, 0.3) is 0 Å². The summed E-state index contributed by atoms with van der Waals surface area (Å²) in [4.78, 5) is 15.9. The quantitative estimate of drug-likeness (QED) is 0.714. The molecular weight excluding hydrogens is 228 g/mol. The van der Waals surface area contributed by atoms with Crippen molar-refractivity contribution in [3.8, 4) is 0 Å². The van der Waals surface area contributed by atoms with Crippen molar-refractivity contribution in [3.63, 3.8) is 0 Å². The maximum atomic E-state index is 12.1. The van der Waals surface area contributed by atoms with E-state index in [9.17, 15) is 9.90 Å². The van der Waals surface area contributed by atoms with Gasteiger partial charge in [-0.1, -0.05) is 19.1 Å². The minimum Gasteiger partial charge on any atom is -0.393 e. The molecule has 1 saturated heterocycles. The molecule has 2 unspecified atom stereocenters. The van der Waals surface area contributed by atoms with E-state index in [0.717, 1.165) is 19.5 Å². The maximum absolute atomic E-state index is 12.1. The number of hydrogen-bond acceptors (Lipinski definition) is 3. The van der Waals surface area contributed by atoms with E-state index in [4.69, 9.17) is 0 Å². The number of carbonyl (C=O) groups excluding carboxylic acids is 1. The number of rotatable bonds is 6. The molecule has 4 heteroatoms. The Balaban J connectivity index is 2.47. The number of hydrogen-bond donors (Lipinski definition) is 1. The number of piperidine rings is 1. The van der Waals surface area contributed by atoms with Crippen molar-refractivity contribution in [2.75, 3.05) is 32.7 Å². The summed E-state index contributed by atoms with van der Waals surface area (Å²) in [5.41, 5.74) is 0. The lowest BCUT2D eigenvalue weighted by Crippen LogP contribution is -2.47. The monoisotopic (exact) mass is 252 g/mol. The third kappa shape index (κ3) is 4.27. The van der Waals surface area contributed by atoms with Gasteiger partial charge in [0, 0.05) is 26.2 Å². The van der Waals surface area contributed by atoms with Crippen LogP contribution in [0.1, 0.15) is 13.3 Å². The molecule has 2 atom stereocenters. The van der Waals surface area contributed by atoms with Gasteiger partial charge in [-0.2, -0.15) is 0 Å². The summed E-state index contributed by atoms with van der Waals surface area (Å²) in [6, 6.07) is 0. The molecule has 0 aromatic heterocycles. The standard InChI is InChI=1S/C14H24N2O2/c1-4-7-16(8-5-2)14(18)11-15-9-6-13(17)12(3)10-15/h4-5,12-13,17H,1-2,6-11H2,3H3. The van der Waals surface area contributed by atoms with Crippen LogP contribution in [0, 0.1) is 5.92 Å². The fourth-order valence-electron chi connectivity index (χ4n) is 2.24. The van der Waals surface area contributed by atoms with Crippen LogP contribution in [0.25, 0.3) is 0 Å². The minimum atomic E-state index is -0.228. The Bertz CT molecular complexity index is 294. The van der Waals surface area contributed by atoms with Crippen LogP contribution in [0.3, 0.4) is 0 Å². The van der Waals surface area contributed by atoms with E-state index in [1.165, 1.54) is 0 Å². The second kappa shape index (κ2) is 7.34. The fourth-order valence-corrected chi connectivity index (χ4v) is 2.24. The van der Waals surface area contributed by atoms with Crippen LogP contribution >= 0.6 is 0 Å². The number of amides is 1. The average Bonchev–Trinajstić information content (AvgIpc) is 2.33. The Morgan fingerprint density at radius 2 is 2.06 bits per heavy atom. The number of carbonyl (C=O) groups is 1. The first-order valence-electron chi connectivity index (χ1n) is 6.48. The van der Waals surface area contributed by atoms with Gasteiger partial charge in [0.2, 0.25) is 5.91 Å². The summed E-state index contributed by atoms with van der Waals surface area (Å²) >= 11 is 0. The predicted octanol–water partition coefficient (Wildman–Crippen LogP) is 0.890. The Morgan fingerprint density at radius 3 is 2.56 bits per heavy atom. The maximum Gasteiger partial charge on any atom is 0.237 e. The van der Waals surface area contributed by atoms with E-state index in [-0.39, 0.29) is 17.9 Å². The third-order valence-corrected chi connectivity index (χ3v) is 3.35. The summed E-state index contributed by atoms with van der Waals surface area (Å²) in [6.45, 7) is 12.4. The molecule has 18 heavy (non-hydrogen) atoms. The number of likely N-dealkylation sites (tertiary alicyclic amines) is 1. The molecule has 1 amide bonds. The summed E-state index contributed by atoms with van der Waals surface area (Å²) in [6.07, 6.45) is 3.97. The molecule has 0 radical (unpaired) electrons.